The van der Waals surface area contributed by atoms with Crippen LogP contribution in [0.25, 0.3) is 0 Å². The number of thiocarbonyl (C=S) groups is 1. The van der Waals surface area contributed by atoms with Crippen LogP contribution in [0, 0.1) is 11.3 Å². The van der Waals surface area contributed by atoms with E-state index in [9.17, 15) is 13.2 Å². The topological polar surface area (TPSA) is 123 Å². The van der Waals surface area contributed by atoms with E-state index in [4.69, 9.17) is 17.5 Å². The summed E-state index contributed by atoms with van der Waals surface area (Å²) in [7, 11) is -3.97. The first-order valence-electron chi connectivity index (χ1n) is 7.72. The molecular weight excluding hydrogens is 362 g/mol. The van der Waals surface area contributed by atoms with Crippen LogP contribution >= 0.6 is 12.2 Å². The smallest absolute Gasteiger partial charge is 0.253 e. The quantitative estimate of drug-likeness (QED) is 0.293. The van der Waals surface area contributed by atoms with Crippen LogP contribution in [-0.4, -0.2) is 32.5 Å². The van der Waals surface area contributed by atoms with E-state index in [0.717, 1.165) is 19.3 Å². The maximum atomic E-state index is 12.2. The zero-order chi connectivity index (χ0) is 18.7. The highest BCUT2D eigenvalue weighted by molar-refractivity contribution is 7.89. The van der Waals surface area contributed by atoms with E-state index >= 15 is 0 Å². The van der Waals surface area contributed by atoms with Crippen LogP contribution < -0.4 is 20.9 Å². The number of sulfonamides is 1. The van der Waals surface area contributed by atoms with Crippen molar-refractivity contribution in [2.24, 2.45) is 0 Å². The van der Waals surface area contributed by atoms with Gasteiger partial charge in [0.05, 0.1) is 17.0 Å². The van der Waals surface area contributed by atoms with Crippen molar-refractivity contribution in [1.29, 1.82) is 5.26 Å². The number of unbranched alkanes of at least 4 members (excludes halogenated alkanes) is 2. The maximum Gasteiger partial charge on any atom is 0.253 e. The molecule has 0 atom stereocenters. The molecule has 0 radical (unpaired) electrons. The molecule has 8 nitrogen and oxygen atoms in total. The molecule has 0 fully saturated rings. The third-order valence-corrected chi connectivity index (χ3v) is 4.81. The van der Waals surface area contributed by atoms with Crippen molar-refractivity contribution in [3.8, 4) is 6.07 Å². The molecule has 0 heterocycles. The van der Waals surface area contributed by atoms with Gasteiger partial charge >= 0.3 is 0 Å². The number of hydrogen-bond donors (Lipinski definition) is 4. The lowest BCUT2D eigenvalue weighted by atomic mass is 10.2. The molecule has 1 amide bonds. The average molecular weight is 383 g/mol. The Balaban J connectivity index is 2.43. The highest BCUT2D eigenvalue weighted by Crippen LogP contribution is 2.13. The largest absolute Gasteiger partial charge is 0.361 e. The molecule has 1 aromatic rings. The molecule has 0 saturated heterocycles. The standard InChI is InChI=1S/C15H21N5O3S2/c1-2-3-6-9-17-15(24)20-19-14(21)11-18-25(22,23)13-8-5-4-7-12(13)10-16/h4-5,7-8,18H,2-3,6,9,11H2,1H3,(H,19,21)(H2,17,20,24). The number of rotatable bonds is 8. The number of nitrogens with zero attached hydrogens (tertiary/aromatic N) is 1. The predicted molar refractivity (Wildman–Crippen MR) is 97.7 cm³/mol. The minimum atomic E-state index is -3.97. The summed E-state index contributed by atoms with van der Waals surface area (Å²) in [5, 5.41) is 12.1. The maximum absolute atomic E-state index is 12.2. The minimum Gasteiger partial charge on any atom is -0.361 e. The number of hydrazine groups is 1. The van der Waals surface area contributed by atoms with Crippen LogP contribution in [0.5, 0.6) is 0 Å². The van der Waals surface area contributed by atoms with Crippen molar-refractivity contribution in [2.75, 3.05) is 13.1 Å². The molecule has 0 saturated carbocycles. The lowest BCUT2D eigenvalue weighted by molar-refractivity contribution is -0.120. The summed E-state index contributed by atoms with van der Waals surface area (Å²) in [6.45, 7) is 2.29. The number of hydrogen-bond acceptors (Lipinski definition) is 5. The molecule has 0 aromatic heterocycles. The van der Waals surface area contributed by atoms with Gasteiger partial charge in [-0.2, -0.15) is 5.26 Å². The summed E-state index contributed by atoms with van der Waals surface area (Å²) in [4.78, 5) is 11.5. The van der Waals surface area contributed by atoms with E-state index in [0.29, 0.717) is 6.54 Å². The first-order valence-corrected chi connectivity index (χ1v) is 9.61. The van der Waals surface area contributed by atoms with Crippen molar-refractivity contribution in [1.82, 2.24) is 20.9 Å². The number of benzene rings is 1. The average Bonchev–Trinajstić information content (AvgIpc) is 2.61. The number of carbonyl (C=O) groups is 1. The molecule has 0 spiro atoms. The van der Waals surface area contributed by atoms with Crippen molar-refractivity contribution < 1.29 is 13.2 Å². The monoisotopic (exact) mass is 383 g/mol. The molecule has 25 heavy (non-hydrogen) atoms. The highest BCUT2D eigenvalue weighted by atomic mass is 32.2. The molecule has 0 aliphatic rings. The van der Waals surface area contributed by atoms with Gasteiger partial charge in [0, 0.05) is 6.54 Å². The Labute approximate surface area is 153 Å². The second-order valence-electron chi connectivity index (χ2n) is 5.07. The summed E-state index contributed by atoms with van der Waals surface area (Å²) >= 11 is 4.98. The van der Waals surface area contributed by atoms with E-state index in [1.54, 1.807) is 12.1 Å². The second kappa shape index (κ2) is 10.6. The van der Waals surface area contributed by atoms with Crippen LogP contribution in [0.2, 0.25) is 0 Å². The predicted octanol–water partition coefficient (Wildman–Crippen LogP) is 0.522. The number of nitrogens with one attached hydrogen (secondary N) is 4. The first kappa shape index (κ1) is 20.8. The lowest BCUT2D eigenvalue weighted by Crippen LogP contribution is -2.49. The van der Waals surface area contributed by atoms with Crippen LogP contribution in [0.1, 0.15) is 31.7 Å². The van der Waals surface area contributed by atoms with Gasteiger partial charge in [-0.05, 0) is 30.8 Å². The van der Waals surface area contributed by atoms with Gasteiger partial charge in [0.15, 0.2) is 5.11 Å². The third-order valence-electron chi connectivity index (χ3n) is 3.10. The zero-order valence-electron chi connectivity index (χ0n) is 13.8. The molecular formula is C15H21N5O3S2. The van der Waals surface area contributed by atoms with Gasteiger partial charge in [-0.25, -0.2) is 13.1 Å². The molecule has 0 bridgehead atoms. The molecule has 4 N–H and O–H groups in total. The molecule has 1 rings (SSSR count). The van der Waals surface area contributed by atoms with E-state index < -0.39 is 22.5 Å². The van der Waals surface area contributed by atoms with Gasteiger partial charge in [-0.3, -0.25) is 15.6 Å². The number of carbonyl (C=O) groups excluding carboxylic acids is 1. The molecule has 0 aliphatic heterocycles. The normalized spacial score (nSPS) is 10.6. The zero-order valence-corrected chi connectivity index (χ0v) is 15.5. The fourth-order valence-electron chi connectivity index (χ4n) is 1.82. The highest BCUT2D eigenvalue weighted by Gasteiger charge is 2.19. The Bertz CT molecular complexity index is 744. The third kappa shape index (κ3) is 7.47. The van der Waals surface area contributed by atoms with Crippen LogP contribution in [0.15, 0.2) is 29.2 Å². The molecule has 10 heteroatoms. The van der Waals surface area contributed by atoms with E-state index in [2.05, 4.69) is 27.8 Å². The van der Waals surface area contributed by atoms with Crippen molar-refractivity contribution in [2.45, 2.75) is 31.1 Å². The Kier molecular flexibility index (Phi) is 8.83. The Hall–Kier alpha value is -2.22. The van der Waals surface area contributed by atoms with Gasteiger partial charge in [0.2, 0.25) is 10.0 Å². The molecule has 136 valence electrons. The van der Waals surface area contributed by atoms with Crippen LogP contribution in [0.3, 0.4) is 0 Å². The minimum absolute atomic E-state index is 0.00555. The van der Waals surface area contributed by atoms with Gasteiger partial charge in [0.25, 0.3) is 5.91 Å². The summed E-state index contributed by atoms with van der Waals surface area (Å²) in [6, 6.07) is 7.54. The SMILES string of the molecule is CCCCCNC(=S)NNC(=O)CNS(=O)(=O)c1ccccc1C#N. The summed E-state index contributed by atoms with van der Waals surface area (Å²) in [5.74, 6) is -0.615. The molecule has 0 unspecified atom stereocenters. The van der Waals surface area contributed by atoms with Crippen LogP contribution in [0.4, 0.5) is 0 Å². The number of nitriles is 1. The summed E-state index contributed by atoms with van der Waals surface area (Å²) in [6.07, 6.45) is 3.13. The van der Waals surface area contributed by atoms with Gasteiger partial charge in [-0.15, -0.1) is 0 Å². The lowest BCUT2D eigenvalue weighted by Gasteiger charge is -2.12. The molecule has 1 aromatic carbocycles. The van der Waals surface area contributed by atoms with Gasteiger partial charge < -0.3 is 5.32 Å². The Morgan fingerprint density at radius 3 is 2.64 bits per heavy atom. The van der Waals surface area contributed by atoms with Gasteiger partial charge in [0.1, 0.15) is 6.07 Å². The Morgan fingerprint density at radius 2 is 1.96 bits per heavy atom. The summed E-state index contributed by atoms with van der Waals surface area (Å²) in [5.41, 5.74) is 4.79. The van der Waals surface area contributed by atoms with Crippen molar-refractivity contribution in [3.05, 3.63) is 29.8 Å². The van der Waals surface area contributed by atoms with E-state index in [1.165, 1.54) is 18.2 Å². The fourth-order valence-corrected chi connectivity index (χ4v) is 3.11. The van der Waals surface area contributed by atoms with E-state index in [1.807, 2.05) is 0 Å². The Morgan fingerprint density at radius 1 is 1.24 bits per heavy atom. The second-order valence-corrected chi connectivity index (χ2v) is 7.21. The first-order chi connectivity index (χ1) is 11.9. The summed E-state index contributed by atoms with van der Waals surface area (Å²) < 4.78 is 26.5. The molecule has 0 aliphatic carbocycles. The number of amides is 1. The van der Waals surface area contributed by atoms with Crippen molar-refractivity contribution in [3.63, 3.8) is 0 Å². The van der Waals surface area contributed by atoms with Crippen molar-refractivity contribution >= 4 is 33.3 Å². The fraction of sp³-hybridized carbons (Fsp3) is 0.400. The van der Waals surface area contributed by atoms with E-state index in [-0.39, 0.29) is 15.6 Å². The van der Waals surface area contributed by atoms with Crippen LogP contribution in [-0.2, 0) is 14.8 Å². The van der Waals surface area contributed by atoms with Gasteiger partial charge in [-0.1, -0.05) is 31.9 Å².